The van der Waals surface area contributed by atoms with Crippen LogP contribution < -0.4 is 4.74 Å². The second-order valence-electron chi connectivity index (χ2n) is 2.91. The van der Waals surface area contributed by atoms with Crippen LogP contribution in [0.4, 0.5) is 0 Å². The van der Waals surface area contributed by atoms with Crippen molar-refractivity contribution in [2.75, 3.05) is 6.61 Å². The van der Waals surface area contributed by atoms with Gasteiger partial charge < -0.3 is 9.84 Å². The zero-order chi connectivity index (χ0) is 11.3. The fraction of sp³-hybridized carbons (Fsp3) is 0.400. The van der Waals surface area contributed by atoms with E-state index in [1.54, 1.807) is 6.07 Å². The summed E-state index contributed by atoms with van der Waals surface area (Å²) < 4.78 is 5.04. The molecule has 1 aromatic rings. The van der Waals surface area contributed by atoms with E-state index in [1.807, 2.05) is 13.0 Å². The molecule has 0 unspecified atom stereocenters. The number of hydrogen-bond acceptors (Lipinski definition) is 4. The Morgan fingerprint density at radius 3 is 3.00 bits per heavy atom. The molecular weight excluding hydrogens is 214 g/mol. The van der Waals surface area contributed by atoms with Crippen molar-refractivity contribution in [2.45, 2.75) is 19.8 Å². The fourth-order valence-electron chi connectivity index (χ4n) is 1.16. The smallest absolute Gasteiger partial charge is 0.349 e. The Hall–Kier alpha value is -1.54. The molecule has 0 aliphatic rings. The van der Waals surface area contributed by atoms with Gasteiger partial charge in [-0.15, -0.1) is 11.3 Å². The molecule has 0 radical (unpaired) electrons. The summed E-state index contributed by atoms with van der Waals surface area (Å²) in [6.07, 6.45) is 1.79. The molecule has 0 saturated carbocycles. The van der Waals surface area contributed by atoms with Gasteiger partial charge in [-0.25, -0.2) is 4.79 Å². The summed E-state index contributed by atoms with van der Waals surface area (Å²) in [6, 6.07) is 3.52. The predicted octanol–water partition coefficient (Wildman–Crippen LogP) is 2.30. The molecule has 0 saturated heterocycles. The molecule has 0 aliphatic carbocycles. The molecule has 15 heavy (non-hydrogen) atoms. The zero-order valence-corrected chi connectivity index (χ0v) is 9.13. The number of aryl methyl sites for hydroxylation is 1. The largest absolute Gasteiger partial charge is 0.477 e. The minimum absolute atomic E-state index is 0.122. The number of nitriles is 1. The Morgan fingerprint density at radius 2 is 2.47 bits per heavy atom. The minimum atomic E-state index is -1.00. The normalized spacial score (nSPS) is 9.60. The van der Waals surface area contributed by atoms with Crippen molar-refractivity contribution in [2.24, 2.45) is 0 Å². The molecule has 0 fully saturated rings. The topological polar surface area (TPSA) is 70.3 Å². The third-order valence-electron chi connectivity index (χ3n) is 1.73. The van der Waals surface area contributed by atoms with Crippen LogP contribution >= 0.6 is 11.3 Å². The van der Waals surface area contributed by atoms with Gasteiger partial charge in [0.2, 0.25) is 0 Å². The van der Waals surface area contributed by atoms with Gasteiger partial charge in [0.15, 0.2) is 11.5 Å². The molecule has 1 heterocycles. The van der Waals surface area contributed by atoms with Crippen LogP contribution in [-0.4, -0.2) is 17.7 Å². The van der Waals surface area contributed by atoms with Gasteiger partial charge in [0.05, 0.1) is 0 Å². The molecular formula is C10H11NO3S. The van der Waals surface area contributed by atoms with E-state index in [0.29, 0.717) is 5.75 Å². The standard InChI is InChI=1S/C10H11NO3S/c1-2-3-7-6-8(14-5-4-11)9(15-7)10(12)13/h6H,2-3,5H2,1H3,(H,12,13). The summed E-state index contributed by atoms with van der Waals surface area (Å²) >= 11 is 1.21. The van der Waals surface area contributed by atoms with E-state index >= 15 is 0 Å². The number of carbonyl (C=O) groups is 1. The van der Waals surface area contributed by atoms with Crippen molar-refractivity contribution in [3.63, 3.8) is 0 Å². The monoisotopic (exact) mass is 225 g/mol. The van der Waals surface area contributed by atoms with E-state index in [-0.39, 0.29) is 11.5 Å². The highest BCUT2D eigenvalue weighted by atomic mass is 32.1. The highest BCUT2D eigenvalue weighted by Crippen LogP contribution is 2.30. The lowest BCUT2D eigenvalue weighted by atomic mass is 10.3. The highest BCUT2D eigenvalue weighted by molar-refractivity contribution is 7.14. The molecule has 0 aliphatic heterocycles. The first kappa shape index (κ1) is 11.5. The molecule has 0 atom stereocenters. The van der Waals surface area contributed by atoms with Crippen LogP contribution in [0.1, 0.15) is 27.9 Å². The molecule has 0 aromatic carbocycles. The number of hydrogen-bond donors (Lipinski definition) is 1. The van der Waals surface area contributed by atoms with E-state index in [0.717, 1.165) is 17.7 Å². The van der Waals surface area contributed by atoms with Gasteiger partial charge in [-0.3, -0.25) is 0 Å². The second-order valence-corrected chi connectivity index (χ2v) is 4.04. The number of carboxylic acids is 1. The average molecular weight is 225 g/mol. The van der Waals surface area contributed by atoms with Crippen molar-refractivity contribution >= 4 is 17.3 Å². The number of rotatable bonds is 5. The van der Waals surface area contributed by atoms with Crippen LogP contribution in [0.15, 0.2) is 6.07 Å². The molecule has 80 valence electrons. The lowest BCUT2D eigenvalue weighted by molar-refractivity contribution is 0.0698. The van der Waals surface area contributed by atoms with E-state index < -0.39 is 5.97 Å². The van der Waals surface area contributed by atoms with Crippen LogP contribution in [0.2, 0.25) is 0 Å². The van der Waals surface area contributed by atoms with Crippen molar-refractivity contribution in [1.82, 2.24) is 0 Å². The summed E-state index contributed by atoms with van der Waals surface area (Å²) in [7, 11) is 0. The maximum Gasteiger partial charge on any atom is 0.349 e. The van der Waals surface area contributed by atoms with Gasteiger partial charge >= 0.3 is 5.97 Å². The molecule has 0 spiro atoms. The van der Waals surface area contributed by atoms with Gasteiger partial charge in [0.1, 0.15) is 11.8 Å². The number of nitrogens with zero attached hydrogens (tertiary/aromatic N) is 1. The van der Waals surface area contributed by atoms with Crippen LogP contribution in [0.25, 0.3) is 0 Å². The molecule has 1 N–H and O–H groups in total. The average Bonchev–Trinajstić information content (AvgIpc) is 2.59. The van der Waals surface area contributed by atoms with Gasteiger partial charge in [-0.2, -0.15) is 5.26 Å². The zero-order valence-electron chi connectivity index (χ0n) is 8.32. The minimum Gasteiger partial charge on any atom is -0.477 e. The molecule has 5 heteroatoms. The third kappa shape index (κ3) is 2.96. The van der Waals surface area contributed by atoms with Crippen molar-refractivity contribution in [1.29, 1.82) is 5.26 Å². The predicted molar refractivity (Wildman–Crippen MR) is 56.4 cm³/mol. The molecule has 1 rings (SSSR count). The molecule has 1 aromatic heterocycles. The first-order valence-electron chi connectivity index (χ1n) is 4.54. The summed E-state index contributed by atoms with van der Waals surface area (Å²) in [5.74, 6) is -0.701. The molecule has 4 nitrogen and oxygen atoms in total. The van der Waals surface area contributed by atoms with Crippen LogP contribution in [0.5, 0.6) is 5.75 Å². The lowest BCUT2D eigenvalue weighted by Gasteiger charge is -1.97. The Labute approximate surface area is 91.7 Å². The molecule has 0 bridgehead atoms. The Balaban J connectivity index is 2.90. The number of thiophene rings is 1. The number of ether oxygens (including phenoxy) is 1. The third-order valence-corrected chi connectivity index (χ3v) is 2.90. The quantitative estimate of drug-likeness (QED) is 0.834. The maximum absolute atomic E-state index is 10.9. The van der Waals surface area contributed by atoms with Crippen LogP contribution in [0.3, 0.4) is 0 Å². The number of aromatic carboxylic acids is 1. The Kier molecular flexibility index (Phi) is 4.13. The summed E-state index contributed by atoms with van der Waals surface area (Å²) in [5.41, 5.74) is 0. The van der Waals surface area contributed by atoms with Gasteiger partial charge in [0, 0.05) is 4.88 Å². The van der Waals surface area contributed by atoms with Gasteiger partial charge in [0.25, 0.3) is 0 Å². The van der Waals surface area contributed by atoms with Crippen molar-refractivity contribution in [3.8, 4) is 11.8 Å². The van der Waals surface area contributed by atoms with Crippen LogP contribution in [0, 0.1) is 11.3 Å². The first-order chi connectivity index (χ1) is 7.19. The van der Waals surface area contributed by atoms with Crippen LogP contribution in [-0.2, 0) is 6.42 Å². The lowest BCUT2D eigenvalue weighted by Crippen LogP contribution is -1.99. The van der Waals surface area contributed by atoms with E-state index in [2.05, 4.69) is 0 Å². The second kappa shape index (κ2) is 5.37. The Bertz CT molecular complexity index is 392. The highest BCUT2D eigenvalue weighted by Gasteiger charge is 2.16. The van der Waals surface area contributed by atoms with Gasteiger partial charge in [-0.1, -0.05) is 13.3 Å². The van der Waals surface area contributed by atoms with Crippen molar-refractivity contribution < 1.29 is 14.6 Å². The SMILES string of the molecule is CCCc1cc(OCC#N)c(C(=O)O)s1. The summed E-state index contributed by atoms with van der Waals surface area (Å²) in [5, 5.41) is 17.2. The summed E-state index contributed by atoms with van der Waals surface area (Å²) in [4.78, 5) is 12.0. The fourth-order valence-corrected chi connectivity index (χ4v) is 2.20. The van der Waals surface area contributed by atoms with Gasteiger partial charge in [-0.05, 0) is 12.5 Å². The number of carboxylic acid groups (broad SMARTS) is 1. The van der Waals surface area contributed by atoms with E-state index in [4.69, 9.17) is 15.1 Å². The maximum atomic E-state index is 10.9. The van der Waals surface area contributed by atoms with E-state index in [9.17, 15) is 4.79 Å². The molecule has 0 amide bonds. The van der Waals surface area contributed by atoms with E-state index in [1.165, 1.54) is 11.3 Å². The Morgan fingerprint density at radius 1 is 1.73 bits per heavy atom. The first-order valence-corrected chi connectivity index (χ1v) is 5.36. The summed E-state index contributed by atoms with van der Waals surface area (Å²) in [6.45, 7) is 1.90. The van der Waals surface area contributed by atoms with Crippen molar-refractivity contribution in [3.05, 3.63) is 15.8 Å².